The number of benzene rings is 1. The number of carbonyl (C=O) groups excluding carboxylic acids is 2. The molecule has 0 radical (unpaired) electrons. The van der Waals surface area contributed by atoms with Crippen molar-refractivity contribution < 1.29 is 14.3 Å². The molecule has 0 saturated carbocycles. The van der Waals surface area contributed by atoms with Crippen LogP contribution in [-0.4, -0.2) is 56.0 Å². The van der Waals surface area contributed by atoms with Crippen LogP contribution in [0.25, 0.3) is 0 Å². The second-order valence-corrected chi connectivity index (χ2v) is 6.52. The zero-order valence-electron chi connectivity index (χ0n) is 13.9. The average molecular weight is 331 g/mol. The van der Waals surface area contributed by atoms with Crippen LogP contribution in [-0.2, 0) is 9.59 Å². The Kier molecular flexibility index (Phi) is 5.69. The molecule has 3 rings (SSSR count). The quantitative estimate of drug-likeness (QED) is 0.831. The van der Waals surface area contributed by atoms with E-state index < -0.39 is 0 Å². The highest BCUT2D eigenvalue weighted by Gasteiger charge is 2.31. The predicted octanol–water partition coefficient (Wildman–Crippen LogP) is 0.640. The van der Waals surface area contributed by atoms with Gasteiger partial charge < -0.3 is 20.3 Å². The number of hydrogen-bond acceptors (Lipinski definition) is 4. The van der Waals surface area contributed by atoms with E-state index in [4.69, 9.17) is 4.74 Å². The maximum Gasteiger partial charge on any atom is 0.258 e. The molecule has 24 heavy (non-hydrogen) atoms. The second kappa shape index (κ2) is 8.15. The number of fused-ring (bicyclic) bond motifs is 1. The molecule has 0 spiro atoms. The molecular formula is C18H25N3O3. The van der Waals surface area contributed by atoms with E-state index in [1.807, 2.05) is 23.1 Å². The fourth-order valence-corrected chi connectivity index (χ4v) is 3.47. The number of hydrogen-bond donors (Lipinski definition) is 2. The van der Waals surface area contributed by atoms with Gasteiger partial charge in [-0.05, 0) is 49.9 Å². The van der Waals surface area contributed by atoms with Gasteiger partial charge in [0.05, 0.1) is 6.54 Å². The van der Waals surface area contributed by atoms with Crippen molar-refractivity contribution in [3.63, 3.8) is 0 Å². The fraction of sp³-hybridized carbons (Fsp3) is 0.556. The molecule has 2 N–H and O–H groups in total. The van der Waals surface area contributed by atoms with Gasteiger partial charge in [-0.25, -0.2) is 0 Å². The minimum Gasteiger partial charge on any atom is -0.484 e. The van der Waals surface area contributed by atoms with Gasteiger partial charge in [-0.1, -0.05) is 18.2 Å². The van der Waals surface area contributed by atoms with Gasteiger partial charge >= 0.3 is 0 Å². The van der Waals surface area contributed by atoms with Crippen LogP contribution in [0.2, 0.25) is 0 Å². The van der Waals surface area contributed by atoms with Crippen molar-refractivity contribution in [1.29, 1.82) is 0 Å². The standard InChI is InChI=1S/C18H25N3O3/c22-17(13-24-16-4-2-1-3-5-16)20-12-18(23)21-8-6-14-10-19-11-15(14)7-9-21/h1-5,14-15,19H,6-13H2,(H,20,22)/t14-,15+. The van der Waals surface area contributed by atoms with E-state index in [0.717, 1.165) is 39.0 Å². The van der Waals surface area contributed by atoms with E-state index in [2.05, 4.69) is 10.6 Å². The van der Waals surface area contributed by atoms with Crippen molar-refractivity contribution in [2.24, 2.45) is 11.8 Å². The molecule has 2 heterocycles. The maximum atomic E-state index is 12.3. The molecule has 0 bridgehead atoms. The van der Waals surface area contributed by atoms with Crippen LogP contribution in [0.1, 0.15) is 12.8 Å². The molecule has 0 aliphatic carbocycles. The summed E-state index contributed by atoms with van der Waals surface area (Å²) in [5.74, 6) is 1.75. The largest absolute Gasteiger partial charge is 0.484 e. The fourth-order valence-electron chi connectivity index (χ4n) is 3.47. The first-order chi connectivity index (χ1) is 11.7. The lowest BCUT2D eigenvalue weighted by Crippen LogP contribution is -2.42. The van der Waals surface area contributed by atoms with E-state index >= 15 is 0 Å². The van der Waals surface area contributed by atoms with Gasteiger partial charge in [-0.2, -0.15) is 0 Å². The Bertz CT molecular complexity index is 550. The van der Waals surface area contributed by atoms with Crippen molar-refractivity contribution in [2.75, 3.05) is 39.3 Å². The molecule has 0 unspecified atom stereocenters. The molecule has 2 aliphatic heterocycles. The molecule has 6 heteroatoms. The minimum absolute atomic E-state index is 0.00371. The molecule has 2 atom stereocenters. The number of nitrogens with zero attached hydrogens (tertiary/aromatic N) is 1. The zero-order valence-corrected chi connectivity index (χ0v) is 13.9. The molecule has 2 fully saturated rings. The van der Waals surface area contributed by atoms with Gasteiger partial charge in [0.25, 0.3) is 5.91 Å². The number of nitrogens with one attached hydrogen (secondary N) is 2. The van der Waals surface area contributed by atoms with E-state index in [1.165, 1.54) is 0 Å². The molecule has 2 amide bonds. The summed E-state index contributed by atoms with van der Waals surface area (Å²) in [7, 11) is 0. The lowest BCUT2D eigenvalue weighted by Gasteiger charge is -2.21. The molecule has 2 aliphatic rings. The Hall–Kier alpha value is -2.08. The number of carbonyl (C=O) groups is 2. The predicted molar refractivity (Wildman–Crippen MR) is 90.6 cm³/mol. The van der Waals surface area contributed by atoms with Gasteiger partial charge in [-0.15, -0.1) is 0 Å². The molecule has 1 aromatic carbocycles. The minimum atomic E-state index is -0.275. The Morgan fingerprint density at radius 3 is 2.46 bits per heavy atom. The van der Waals surface area contributed by atoms with Crippen LogP contribution < -0.4 is 15.4 Å². The van der Waals surface area contributed by atoms with Gasteiger partial charge in [0.1, 0.15) is 5.75 Å². The third-order valence-corrected chi connectivity index (χ3v) is 4.92. The first-order valence-electron chi connectivity index (χ1n) is 8.65. The summed E-state index contributed by atoms with van der Waals surface area (Å²) in [6.07, 6.45) is 2.10. The van der Waals surface area contributed by atoms with Gasteiger partial charge in [-0.3, -0.25) is 9.59 Å². The van der Waals surface area contributed by atoms with Crippen LogP contribution in [0.4, 0.5) is 0 Å². The molecular weight excluding hydrogens is 306 g/mol. The number of para-hydroxylation sites is 1. The lowest BCUT2D eigenvalue weighted by atomic mass is 9.92. The van der Waals surface area contributed by atoms with E-state index in [9.17, 15) is 9.59 Å². The summed E-state index contributed by atoms with van der Waals surface area (Å²) in [6.45, 7) is 3.69. The summed E-state index contributed by atoms with van der Waals surface area (Å²) >= 11 is 0. The highest BCUT2D eigenvalue weighted by Crippen LogP contribution is 2.26. The lowest BCUT2D eigenvalue weighted by molar-refractivity contribution is -0.133. The summed E-state index contributed by atoms with van der Waals surface area (Å²) in [6, 6.07) is 9.17. The van der Waals surface area contributed by atoms with Crippen LogP contribution in [0.3, 0.4) is 0 Å². The van der Waals surface area contributed by atoms with Gasteiger partial charge in [0.2, 0.25) is 5.91 Å². The van der Waals surface area contributed by atoms with E-state index in [-0.39, 0.29) is 25.0 Å². The summed E-state index contributed by atoms with van der Waals surface area (Å²) in [5, 5.41) is 6.08. The molecule has 2 saturated heterocycles. The van der Waals surface area contributed by atoms with Crippen molar-refractivity contribution in [2.45, 2.75) is 12.8 Å². The van der Waals surface area contributed by atoms with Gasteiger partial charge in [0.15, 0.2) is 6.61 Å². The number of amides is 2. The van der Waals surface area contributed by atoms with Crippen molar-refractivity contribution >= 4 is 11.8 Å². The zero-order chi connectivity index (χ0) is 16.8. The third kappa shape index (κ3) is 4.47. The Morgan fingerprint density at radius 1 is 1.12 bits per heavy atom. The van der Waals surface area contributed by atoms with Crippen LogP contribution in [0.5, 0.6) is 5.75 Å². The Balaban J connectivity index is 1.38. The number of rotatable bonds is 5. The number of ether oxygens (including phenoxy) is 1. The highest BCUT2D eigenvalue weighted by molar-refractivity contribution is 5.85. The number of likely N-dealkylation sites (tertiary alicyclic amines) is 1. The molecule has 0 aromatic heterocycles. The normalized spacial score (nSPS) is 23.2. The van der Waals surface area contributed by atoms with Crippen molar-refractivity contribution in [3.05, 3.63) is 30.3 Å². The second-order valence-electron chi connectivity index (χ2n) is 6.52. The first kappa shape index (κ1) is 16.8. The molecule has 130 valence electrons. The Labute approximate surface area is 142 Å². The van der Waals surface area contributed by atoms with Crippen molar-refractivity contribution in [1.82, 2.24) is 15.5 Å². The summed E-state index contributed by atoms with van der Waals surface area (Å²) < 4.78 is 5.37. The Morgan fingerprint density at radius 2 is 1.79 bits per heavy atom. The van der Waals surface area contributed by atoms with Crippen LogP contribution in [0.15, 0.2) is 30.3 Å². The topological polar surface area (TPSA) is 70.7 Å². The van der Waals surface area contributed by atoms with E-state index in [0.29, 0.717) is 17.6 Å². The molecule has 1 aromatic rings. The van der Waals surface area contributed by atoms with Crippen LogP contribution in [0, 0.1) is 11.8 Å². The van der Waals surface area contributed by atoms with Crippen LogP contribution >= 0.6 is 0 Å². The highest BCUT2D eigenvalue weighted by atomic mass is 16.5. The SMILES string of the molecule is O=C(COc1ccccc1)NCC(=O)N1CC[C@@H]2CNC[C@@H]2CC1. The smallest absolute Gasteiger partial charge is 0.258 e. The maximum absolute atomic E-state index is 12.3. The summed E-state index contributed by atoms with van der Waals surface area (Å²) in [5.41, 5.74) is 0. The average Bonchev–Trinajstić information content (AvgIpc) is 2.97. The van der Waals surface area contributed by atoms with Gasteiger partial charge in [0, 0.05) is 13.1 Å². The van der Waals surface area contributed by atoms with E-state index in [1.54, 1.807) is 12.1 Å². The summed E-state index contributed by atoms with van der Waals surface area (Å²) in [4.78, 5) is 26.0. The third-order valence-electron chi connectivity index (χ3n) is 4.92. The molecule has 6 nitrogen and oxygen atoms in total. The van der Waals surface area contributed by atoms with Crippen molar-refractivity contribution in [3.8, 4) is 5.75 Å². The first-order valence-corrected chi connectivity index (χ1v) is 8.65. The monoisotopic (exact) mass is 331 g/mol.